The second kappa shape index (κ2) is 8.51. The minimum Gasteiger partial charge on any atom is -0.323 e. The Balaban J connectivity index is 1.63. The van der Waals surface area contributed by atoms with Crippen LogP contribution in [0.25, 0.3) is 11.0 Å². The zero-order valence-corrected chi connectivity index (χ0v) is 16.8. The van der Waals surface area contributed by atoms with Crippen LogP contribution in [-0.4, -0.2) is 39.3 Å². The number of benzene rings is 1. The summed E-state index contributed by atoms with van der Waals surface area (Å²) in [7, 11) is -2.55. The molecule has 0 aliphatic heterocycles. The second-order valence-corrected chi connectivity index (χ2v) is 10.7. The van der Waals surface area contributed by atoms with Crippen LogP contribution in [0, 0.1) is 17.6 Å². The average Bonchev–Trinajstić information content (AvgIpc) is 3.01. The van der Waals surface area contributed by atoms with Crippen molar-refractivity contribution in [3.8, 4) is 0 Å². The molecule has 0 spiro atoms. The van der Waals surface area contributed by atoms with Gasteiger partial charge >= 0.3 is 0 Å². The summed E-state index contributed by atoms with van der Waals surface area (Å²) in [5.74, 6) is -2.69. The number of hydrogen-bond acceptors (Lipinski definition) is 5. The van der Waals surface area contributed by atoms with E-state index in [0.29, 0.717) is 30.7 Å². The maximum Gasteiger partial charge on any atom is 0.279 e. The number of aryl methyl sites for hydroxylation is 1. The zero-order valence-electron chi connectivity index (χ0n) is 15.9. The van der Waals surface area contributed by atoms with E-state index in [-0.39, 0.29) is 23.4 Å². The molecule has 0 unspecified atom stereocenters. The highest BCUT2D eigenvalue weighted by atomic mass is 31.2. The zero-order chi connectivity index (χ0) is 21.2. The number of halogens is 3. The topological polar surface area (TPSA) is 104 Å². The van der Waals surface area contributed by atoms with Gasteiger partial charge in [-0.15, -0.1) is 0 Å². The van der Waals surface area contributed by atoms with Crippen molar-refractivity contribution in [1.29, 1.82) is 0 Å². The van der Waals surface area contributed by atoms with E-state index in [0.717, 1.165) is 12.1 Å². The highest BCUT2D eigenvalue weighted by Gasteiger charge is 2.22. The summed E-state index contributed by atoms with van der Waals surface area (Å²) < 4.78 is 52.6. The van der Waals surface area contributed by atoms with Crippen molar-refractivity contribution in [3.05, 3.63) is 57.5 Å². The van der Waals surface area contributed by atoms with Gasteiger partial charge < -0.3 is 14.9 Å². The maximum absolute atomic E-state index is 13.6. The van der Waals surface area contributed by atoms with E-state index >= 15 is 0 Å². The fraction of sp³-hybridized carbons (Fsp3) is 0.389. The van der Waals surface area contributed by atoms with Gasteiger partial charge in [-0.05, 0) is 43.9 Å². The first-order valence-electron chi connectivity index (χ1n) is 9.00. The van der Waals surface area contributed by atoms with Gasteiger partial charge in [0.15, 0.2) is 22.7 Å². The number of H-pyrrole nitrogens is 2. The SMILES string of the molecule is CP(C)(=O)[C@@H](CCCc1nc2c(F)[nH]nc2c(=O)[nH]1)NCc1ccc(F)c(F)c1. The van der Waals surface area contributed by atoms with Crippen LogP contribution >= 0.6 is 7.14 Å². The molecule has 7 nitrogen and oxygen atoms in total. The molecule has 2 heterocycles. The van der Waals surface area contributed by atoms with Crippen molar-refractivity contribution in [3.63, 3.8) is 0 Å². The summed E-state index contributed by atoms with van der Waals surface area (Å²) in [6.07, 6.45) is 1.36. The minimum absolute atomic E-state index is 0.0936. The molecule has 3 N–H and O–H groups in total. The van der Waals surface area contributed by atoms with E-state index in [2.05, 4.69) is 25.5 Å². The highest BCUT2D eigenvalue weighted by molar-refractivity contribution is 7.63. The summed E-state index contributed by atoms with van der Waals surface area (Å²) >= 11 is 0. The first-order chi connectivity index (χ1) is 13.6. The van der Waals surface area contributed by atoms with Gasteiger partial charge in [0.1, 0.15) is 5.82 Å². The van der Waals surface area contributed by atoms with Crippen LogP contribution in [0.2, 0.25) is 0 Å². The van der Waals surface area contributed by atoms with Crippen molar-refractivity contribution in [2.75, 3.05) is 13.3 Å². The number of nitrogens with one attached hydrogen (secondary N) is 3. The molecule has 29 heavy (non-hydrogen) atoms. The molecule has 3 aromatic rings. The largest absolute Gasteiger partial charge is 0.323 e. The quantitative estimate of drug-likeness (QED) is 0.480. The molecular weight excluding hydrogens is 406 g/mol. The van der Waals surface area contributed by atoms with E-state index in [4.69, 9.17) is 0 Å². The Morgan fingerprint density at radius 2 is 1.93 bits per heavy atom. The standard InChI is InChI=1S/C18H21F3N5O2P/c1-29(2,28)14(22-9-10-6-7-11(19)12(20)8-10)5-3-4-13-23-15-16(18(27)24-13)25-26-17(15)21/h6-8,14,22H,3-5,9H2,1-2H3,(H,25,26)(H,23,24,27)/t14-/m0/s1. The van der Waals surface area contributed by atoms with Crippen LogP contribution in [0.4, 0.5) is 13.2 Å². The third-order valence-electron chi connectivity index (χ3n) is 4.59. The number of aromatic amines is 2. The normalized spacial score (nSPS) is 13.1. The van der Waals surface area contributed by atoms with E-state index in [1.54, 1.807) is 13.3 Å². The summed E-state index contributed by atoms with van der Waals surface area (Å²) in [6, 6.07) is 3.60. The third kappa shape index (κ3) is 5.13. The number of rotatable bonds is 8. The Hall–Kier alpha value is -2.45. The number of aromatic nitrogens is 4. The van der Waals surface area contributed by atoms with Crippen molar-refractivity contribution < 1.29 is 17.7 Å². The van der Waals surface area contributed by atoms with Crippen molar-refractivity contribution >= 4 is 18.2 Å². The van der Waals surface area contributed by atoms with E-state index in [9.17, 15) is 22.5 Å². The molecule has 1 aromatic carbocycles. The molecule has 156 valence electrons. The van der Waals surface area contributed by atoms with Crippen molar-refractivity contribution in [1.82, 2.24) is 25.5 Å². The summed E-state index contributed by atoms with van der Waals surface area (Å²) in [5.41, 5.74) is -0.207. The Bertz CT molecular complexity index is 1120. The van der Waals surface area contributed by atoms with Crippen LogP contribution in [-0.2, 0) is 17.5 Å². The van der Waals surface area contributed by atoms with Crippen LogP contribution in [0.1, 0.15) is 24.2 Å². The van der Waals surface area contributed by atoms with Crippen LogP contribution in [0.5, 0.6) is 0 Å². The smallest absolute Gasteiger partial charge is 0.279 e. The summed E-state index contributed by atoms with van der Waals surface area (Å²) in [6.45, 7) is 3.51. The van der Waals surface area contributed by atoms with Crippen LogP contribution in [0.3, 0.4) is 0 Å². The van der Waals surface area contributed by atoms with Gasteiger partial charge in [-0.25, -0.2) is 13.8 Å². The monoisotopic (exact) mass is 427 g/mol. The molecule has 0 bridgehead atoms. The summed E-state index contributed by atoms with van der Waals surface area (Å²) in [5, 5.41) is 8.78. The lowest BCUT2D eigenvalue weighted by molar-refractivity contribution is 0.501. The third-order valence-corrected chi connectivity index (χ3v) is 6.53. The predicted molar refractivity (Wildman–Crippen MR) is 104 cm³/mol. The molecule has 3 rings (SSSR count). The van der Waals surface area contributed by atoms with Crippen LogP contribution in [0.15, 0.2) is 23.0 Å². The van der Waals surface area contributed by atoms with Gasteiger partial charge in [-0.3, -0.25) is 9.89 Å². The number of nitrogens with zero attached hydrogens (tertiary/aromatic N) is 2. The molecule has 1 atom stereocenters. The molecule has 11 heteroatoms. The van der Waals surface area contributed by atoms with Gasteiger partial charge in [-0.2, -0.15) is 9.49 Å². The second-order valence-electron chi connectivity index (χ2n) is 7.22. The number of fused-ring (bicyclic) bond motifs is 1. The van der Waals surface area contributed by atoms with E-state index in [1.807, 2.05) is 0 Å². The lowest BCUT2D eigenvalue weighted by Crippen LogP contribution is -2.28. The fourth-order valence-corrected chi connectivity index (χ4v) is 4.36. The predicted octanol–water partition coefficient (Wildman–Crippen LogP) is 3.12. The Labute approximate surface area is 164 Å². The average molecular weight is 427 g/mol. The molecule has 0 radical (unpaired) electrons. The minimum atomic E-state index is -2.55. The Kier molecular flexibility index (Phi) is 6.24. The van der Waals surface area contributed by atoms with Gasteiger partial charge in [0, 0.05) is 13.0 Å². The molecular formula is C18H21F3N5O2P. The molecule has 0 aliphatic carbocycles. The van der Waals surface area contributed by atoms with Crippen molar-refractivity contribution in [2.24, 2.45) is 0 Å². The van der Waals surface area contributed by atoms with Gasteiger partial charge in [0.05, 0.1) is 12.9 Å². The first-order valence-corrected chi connectivity index (χ1v) is 11.7. The van der Waals surface area contributed by atoms with Crippen molar-refractivity contribution in [2.45, 2.75) is 31.6 Å². The van der Waals surface area contributed by atoms with E-state index in [1.165, 1.54) is 6.07 Å². The Morgan fingerprint density at radius 3 is 2.62 bits per heavy atom. The lowest BCUT2D eigenvalue weighted by Gasteiger charge is -2.23. The van der Waals surface area contributed by atoms with Gasteiger partial charge in [0.2, 0.25) is 5.95 Å². The van der Waals surface area contributed by atoms with Gasteiger partial charge in [0.25, 0.3) is 5.56 Å². The lowest BCUT2D eigenvalue weighted by atomic mass is 10.2. The first kappa shape index (κ1) is 21.3. The number of hydrogen-bond donors (Lipinski definition) is 3. The van der Waals surface area contributed by atoms with E-state index < -0.39 is 30.3 Å². The molecule has 0 saturated carbocycles. The molecule has 0 amide bonds. The molecule has 2 aromatic heterocycles. The molecule has 0 fully saturated rings. The Morgan fingerprint density at radius 1 is 1.17 bits per heavy atom. The summed E-state index contributed by atoms with van der Waals surface area (Å²) in [4.78, 5) is 18.6. The fourth-order valence-electron chi connectivity index (χ4n) is 3.03. The van der Waals surface area contributed by atoms with Gasteiger partial charge in [-0.1, -0.05) is 6.07 Å². The molecule has 0 aliphatic rings. The highest BCUT2D eigenvalue weighted by Crippen LogP contribution is 2.43. The maximum atomic E-state index is 13.6. The molecule has 0 saturated heterocycles. The van der Waals surface area contributed by atoms with Crippen LogP contribution < -0.4 is 10.9 Å².